The molecule has 0 aromatic heterocycles. The van der Waals surface area contributed by atoms with Crippen LogP contribution >= 0.6 is 31.9 Å². The highest BCUT2D eigenvalue weighted by atomic mass is 79.9. The second kappa shape index (κ2) is 6.60. The van der Waals surface area contributed by atoms with E-state index in [-0.39, 0.29) is 10.2 Å². The van der Waals surface area contributed by atoms with Gasteiger partial charge in [-0.15, -0.1) is 0 Å². The predicted octanol–water partition coefficient (Wildman–Crippen LogP) is 5.62. The van der Waals surface area contributed by atoms with E-state index in [0.29, 0.717) is 13.2 Å². The first kappa shape index (κ1) is 18.2. The van der Waals surface area contributed by atoms with Gasteiger partial charge in [-0.3, -0.25) is 0 Å². The molecule has 130 valence electrons. The Labute approximate surface area is 159 Å². The van der Waals surface area contributed by atoms with Crippen LogP contribution in [0.5, 0.6) is 5.75 Å². The number of methoxy groups -OCH3 is 1. The number of hydrogen-bond donors (Lipinski definition) is 0. The molecule has 0 saturated carbocycles. The van der Waals surface area contributed by atoms with Gasteiger partial charge in [-0.25, -0.2) is 0 Å². The van der Waals surface area contributed by atoms with Gasteiger partial charge in [0.15, 0.2) is 0 Å². The van der Waals surface area contributed by atoms with E-state index in [1.807, 2.05) is 6.07 Å². The van der Waals surface area contributed by atoms with Crippen LogP contribution in [0.4, 0.5) is 0 Å². The highest BCUT2D eigenvalue weighted by Gasteiger charge is 2.45. The molecule has 0 aliphatic carbocycles. The first-order valence-corrected chi connectivity index (χ1v) is 9.69. The lowest BCUT2D eigenvalue weighted by Crippen LogP contribution is -2.49. The molecule has 1 unspecified atom stereocenters. The normalized spacial score (nSPS) is 20.8. The standard InChI is InChI=1S/C19H22Br2O3/c1-12(20)19(23-10-18(2,3)11-24-19)14-6-7-15-13(9-14)5-8-16(22-4)17(15)21/h5-9,12H,10-11H2,1-4H3. The molecule has 0 spiro atoms. The minimum Gasteiger partial charge on any atom is -0.496 e. The number of benzene rings is 2. The molecule has 0 bridgehead atoms. The van der Waals surface area contributed by atoms with Crippen molar-refractivity contribution < 1.29 is 14.2 Å². The van der Waals surface area contributed by atoms with Gasteiger partial charge in [0.1, 0.15) is 5.75 Å². The van der Waals surface area contributed by atoms with E-state index in [2.05, 4.69) is 76.9 Å². The fraction of sp³-hybridized carbons (Fsp3) is 0.474. The Morgan fingerprint density at radius 1 is 1.12 bits per heavy atom. The van der Waals surface area contributed by atoms with Crippen LogP contribution in [0, 0.1) is 5.41 Å². The first-order chi connectivity index (χ1) is 11.3. The second-order valence-electron chi connectivity index (χ2n) is 7.04. The Morgan fingerprint density at radius 2 is 1.79 bits per heavy atom. The van der Waals surface area contributed by atoms with Crippen molar-refractivity contribution >= 4 is 42.6 Å². The van der Waals surface area contributed by atoms with Crippen molar-refractivity contribution in [2.24, 2.45) is 5.41 Å². The van der Waals surface area contributed by atoms with Crippen LogP contribution in [0.1, 0.15) is 26.3 Å². The molecule has 1 fully saturated rings. The lowest BCUT2D eigenvalue weighted by molar-refractivity contribution is -0.305. The van der Waals surface area contributed by atoms with Crippen LogP contribution in [0.3, 0.4) is 0 Å². The number of fused-ring (bicyclic) bond motifs is 1. The summed E-state index contributed by atoms with van der Waals surface area (Å²) >= 11 is 7.31. The molecule has 1 heterocycles. The fourth-order valence-electron chi connectivity index (χ4n) is 2.96. The average Bonchev–Trinajstić information content (AvgIpc) is 2.55. The molecular weight excluding hydrogens is 436 g/mol. The maximum Gasteiger partial charge on any atom is 0.207 e. The Bertz CT molecular complexity index is 746. The van der Waals surface area contributed by atoms with Crippen LogP contribution in [0.15, 0.2) is 34.8 Å². The van der Waals surface area contributed by atoms with Gasteiger partial charge >= 0.3 is 0 Å². The van der Waals surface area contributed by atoms with Gasteiger partial charge in [-0.2, -0.15) is 0 Å². The summed E-state index contributed by atoms with van der Waals surface area (Å²) in [4.78, 5) is 0.0280. The minimum absolute atomic E-state index is 0.0264. The molecule has 1 saturated heterocycles. The SMILES string of the molecule is COc1ccc2cc(C3(C(C)Br)OCC(C)(C)CO3)ccc2c1Br. The third-order valence-corrected chi connectivity index (χ3v) is 5.84. The Hall–Kier alpha value is -0.620. The zero-order valence-corrected chi connectivity index (χ0v) is 17.5. The summed E-state index contributed by atoms with van der Waals surface area (Å²) in [7, 11) is 1.67. The Balaban J connectivity index is 2.07. The Kier molecular flexibility index (Phi) is 5.00. The van der Waals surface area contributed by atoms with E-state index in [9.17, 15) is 0 Å². The van der Waals surface area contributed by atoms with E-state index in [1.54, 1.807) is 7.11 Å². The van der Waals surface area contributed by atoms with Crippen LogP contribution < -0.4 is 4.74 Å². The summed E-state index contributed by atoms with van der Waals surface area (Å²) < 4.78 is 18.8. The zero-order valence-electron chi connectivity index (χ0n) is 14.4. The molecule has 1 aliphatic rings. The largest absolute Gasteiger partial charge is 0.496 e. The molecule has 5 heteroatoms. The van der Waals surface area contributed by atoms with Crippen LogP contribution in [0.2, 0.25) is 0 Å². The summed E-state index contributed by atoms with van der Waals surface area (Å²) in [5, 5.41) is 2.22. The molecule has 0 amide bonds. The molecule has 3 nitrogen and oxygen atoms in total. The molecule has 3 rings (SSSR count). The van der Waals surface area contributed by atoms with Crippen molar-refractivity contribution in [1.29, 1.82) is 0 Å². The van der Waals surface area contributed by atoms with Crippen molar-refractivity contribution in [3.05, 3.63) is 40.4 Å². The third kappa shape index (κ3) is 3.12. The summed E-state index contributed by atoms with van der Waals surface area (Å²) in [6.07, 6.45) is 0. The zero-order chi connectivity index (χ0) is 17.5. The maximum absolute atomic E-state index is 6.25. The van der Waals surface area contributed by atoms with Gasteiger partial charge in [-0.1, -0.05) is 48.0 Å². The van der Waals surface area contributed by atoms with Crippen molar-refractivity contribution in [3.8, 4) is 5.75 Å². The van der Waals surface area contributed by atoms with E-state index in [4.69, 9.17) is 14.2 Å². The van der Waals surface area contributed by atoms with E-state index < -0.39 is 5.79 Å². The molecule has 0 N–H and O–H groups in total. The molecule has 2 aromatic carbocycles. The third-order valence-electron chi connectivity index (χ3n) is 4.42. The van der Waals surface area contributed by atoms with E-state index in [1.165, 1.54) is 0 Å². The fourth-order valence-corrected chi connectivity index (χ4v) is 4.14. The number of alkyl halides is 1. The van der Waals surface area contributed by atoms with Gasteiger partial charge in [0.2, 0.25) is 5.79 Å². The van der Waals surface area contributed by atoms with Gasteiger partial charge in [0.05, 0.1) is 29.6 Å². The van der Waals surface area contributed by atoms with E-state index in [0.717, 1.165) is 26.6 Å². The topological polar surface area (TPSA) is 27.7 Å². The quantitative estimate of drug-likeness (QED) is 0.559. The smallest absolute Gasteiger partial charge is 0.207 e. The highest BCUT2D eigenvalue weighted by Crippen LogP contribution is 2.43. The monoisotopic (exact) mass is 456 g/mol. The minimum atomic E-state index is -0.768. The summed E-state index contributed by atoms with van der Waals surface area (Å²) in [5.41, 5.74) is 1.05. The predicted molar refractivity (Wildman–Crippen MR) is 104 cm³/mol. The summed E-state index contributed by atoms with van der Waals surface area (Å²) in [6, 6.07) is 10.3. The highest BCUT2D eigenvalue weighted by molar-refractivity contribution is 9.10. The van der Waals surface area contributed by atoms with Crippen molar-refractivity contribution in [2.45, 2.75) is 31.4 Å². The molecule has 1 aliphatic heterocycles. The van der Waals surface area contributed by atoms with Gasteiger partial charge < -0.3 is 14.2 Å². The van der Waals surface area contributed by atoms with Gasteiger partial charge in [-0.05, 0) is 45.8 Å². The number of hydrogen-bond acceptors (Lipinski definition) is 3. The summed E-state index contributed by atoms with van der Waals surface area (Å²) in [5.74, 6) is 0.0570. The number of halogens is 2. The molecule has 2 aromatic rings. The molecular formula is C19H22Br2O3. The molecule has 24 heavy (non-hydrogen) atoms. The number of rotatable bonds is 3. The number of ether oxygens (including phenoxy) is 3. The Morgan fingerprint density at radius 3 is 2.38 bits per heavy atom. The van der Waals surface area contributed by atoms with Crippen molar-refractivity contribution in [1.82, 2.24) is 0 Å². The molecule has 1 atom stereocenters. The van der Waals surface area contributed by atoms with E-state index >= 15 is 0 Å². The van der Waals surface area contributed by atoms with Crippen LogP contribution in [-0.4, -0.2) is 25.2 Å². The lowest BCUT2D eigenvalue weighted by atomic mass is 9.92. The second-order valence-corrected chi connectivity index (χ2v) is 9.21. The molecule has 0 radical (unpaired) electrons. The maximum atomic E-state index is 6.25. The first-order valence-electron chi connectivity index (χ1n) is 7.98. The van der Waals surface area contributed by atoms with Gasteiger partial charge in [0.25, 0.3) is 0 Å². The van der Waals surface area contributed by atoms with Crippen LogP contribution in [-0.2, 0) is 15.3 Å². The van der Waals surface area contributed by atoms with Crippen molar-refractivity contribution in [2.75, 3.05) is 20.3 Å². The average molecular weight is 458 g/mol. The van der Waals surface area contributed by atoms with Crippen molar-refractivity contribution in [3.63, 3.8) is 0 Å². The lowest BCUT2D eigenvalue weighted by Gasteiger charge is -2.45. The van der Waals surface area contributed by atoms with Crippen LogP contribution in [0.25, 0.3) is 10.8 Å². The van der Waals surface area contributed by atoms with Gasteiger partial charge in [0, 0.05) is 11.0 Å². The summed E-state index contributed by atoms with van der Waals surface area (Å²) in [6.45, 7) is 7.69.